The Kier molecular flexibility index (Phi) is 3.19. The van der Waals surface area contributed by atoms with Crippen LogP contribution in [0.15, 0.2) is 29.2 Å². The van der Waals surface area contributed by atoms with Gasteiger partial charge in [-0.1, -0.05) is 0 Å². The molecule has 0 radical (unpaired) electrons. The van der Waals surface area contributed by atoms with E-state index in [9.17, 15) is 12.8 Å². The molecule has 102 valence electrons. The number of nitrogen functional groups attached to an aromatic ring is 1. The first-order valence-electron chi connectivity index (χ1n) is 5.39. The van der Waals surface area contributed by atoms with E-state index in [0.29, 0.717) is 5.69 Å². The van der Waals surface area contributed by atoms with Crippen LogP contribution in [0.3, 0.4) is 0 Å². The van der Waals surface area contributed by atoms with Crippen molar-refractivity contribution in [2.75, 3.05) is 10.5 Å². The van der Waals surface area contributed by atoms with Crippen LogP contribution in [0, 0.1) is 12.7 Å². The molecule has 1 heterocycles. The highest BCUT2D eigenvalue weighted by molar-refractivity contribution is 7.92. The smallest absolute Gasteiger partial charge is 0.263 e. The van der Waals surface area contributed by atoms with E-state index in [4.69, 9.17) is 5.73 Å². The first-order chi connectivity index (χ1) is 8.81. The molecule has 1 aromatic carbocycles. The summed E-state index contributed by atoms with van der Waals surface area (Å²) < 4.78 is 40.7. The minimum absolute atomic E-state index is 0.0489. The van der Waals surface area contributed by atoms with E-state index in [1.807, 2.05) is 0 Å². The van der Waals surface area contributed by atoms with Gasteiger partial charge in [0.1, 0.15) is 5.82 Å². The van der Waals surface area contributed by atoms with Crippen LogP contribution in [0.5, 0.6) is 0 Å². The standard InChI is InChI=1S/C11H13FN4O2S/c1-7-10(13)11(16(2)14-7)15-19(17,18)9-5-3-8(12)4-6-9/h3-6,15H,13H2,1-2H3. The molecule has 0 aliphatic rings. The Morgan fingerprint density at radius 1 is 1.32 bits per heavy atom. The Labute approximate surface area is 110 Å². The molecule has 0 saturated heterocycles. The molecule has 3 N–H and O–H groups in total. The fourth-order valence-corrected chi connectivity index (χ4v) is 2.70. The van der Waals surface area contributed by atoms with Gasteiger partial charge in [0.05, 0.1) is 16.3 Å². The molecule has 0 unspecified atom stereocenters. The lowest BCUT2D eigenvalue weighted by Gasteiger charge is -2.09. The molecule has 0 saturated carbocycles. The lowest BCUT2D eigenvalue weighted by atomic mass is 10.4. The minimum atomic E-state index is -3.82. The molecule has 8 heteroatoms. The normalized spacial score (nSPS) is 11.5. The molecule has 0 amide bonds. The first kappa shape index (κ1) is 13.3. The number of nitrogens with zero attached hydrogens (tertiary/aromatic N) is 2. The highest BCUT2D eigenvalue weighted by atomic mass is 32.2. The number of hydrogen-bond acceptors (Lipinski definition) is 4. The number of nitrogens with two attached hydrogens (primary N) is 1. The summed E-state index contributed by atoms with van der Waals surface area (Å²) in [5.41, 5.74) is 6.53. The van der Waals surface area contributed by atoms with Crippen LogP contribution in [0.1, 0.15) is 5.69 Å². The van der Waals surface area contributed by atoms with Gasteiger partial charge in [0, 0.05) is 7.05 Å². The Hall–Kier alpha value is -2.09. The molecule has 1 aromatic heterocycles. The summed E-state index contributed by atoms with van der Waals surface area (Å²) in [7, 11) is -2.24. The van der Waals surface area contributed by atoms with E-state index in [1.165, 1.54) is 16.8 Å². The summed E-state index contributed by atoms with van der Waals surface area (Å²) >= 11 is 0. The maximum atomic E-state index is 12.8. The molecule has 0 aliphatic carbocycles. The van der Waals surface area contributed by atoms with Crippen LogP contribution < -0.4 is 10.5 Å². The lowest BCUT2D eigenvalue weighted by molar-refractivity contribution is 0.598. The van der Waals surface area contributed by atoms with Crippen molar-refractivity contribution >= 4 is 21.5 Å². The number of aromatic nitrogens is 2. The molecule has 0 fully saturated rings. The topological polar surface area (TPSA) is 90.0 Å². The predicted molar refractivity (Wildman–Crippen MR) is 69.6 cm³/mol. The summed E-state index contributed by atoms with van der Waals surface area (Å²) in [4.78, 5) is -0.0489. The Morgan fingerprint density at radius 3 is 2.37 bits per heavy atom. The van der Waals surface area contributed by atoms with Crippen LogP contribution in [0.25, 0.3) is 0 Å². The molecule has 0 atom stereocenters. The molecule has 2 rings (SSSR count). The number of halogens is 1. The van der Waals surface area contributed by atoms with Gasteiger partial charge >= 0.3 is 0 Å². The van der Waals surface area contributed by atoms with Crippen molar-refractivity contribution < 1.29 is 12.8 Å². The van der Waals surface area contributed by atoms with Gasteiger partial charge in [-0.25, -0.2) is 17.5 Å². The van der Waals surface area contributed by atoms with Gasteiger partial charge in [-0.3, -0.25) is 4.72 Å². The largest absolute Gasteiger partial charge is 0.394 e. The van der Waals surface area contributed by atoms with Crippen LogP contribution in [0.4, 0.5) is 15.9 Å². The Morgan fingerprint density at radius 2 is 1.89 bits per heavy atom. The van der Waals surface area contributed by atoms with E-state index in [1.54, 1.807) is 14.0 Å². The van der Waals surface area contributed by atoms with Gasteiger partial charge in [0.2, 0.25) is 0 Å². The summed E-state index contributed by atoms with van der Waals surface area (Å²) in [6.45, 7) is 1.67. The summed E-state index contributed by atoms with van der Waals surface area (Å²) in [6.07, 6.45) is 0. The van der Waals surface area contributed by atoms with Gasteiger partial charge in [0.15, 0.2) is 5.82 Å². The maximum absolute atomic E-state index is 12.8. The monoisotopic (exact) mass is 284 g/mol. The number of sulfonamides is 1. The average molecular weight is 284 g/mol. The van der Waals surface area contributed by atoms with Gasteiger partial charge in [0.25, 0.3) is 10.0 Å². The van der Waals surface area contributed by atoms with Crippen LogP contribution in [0.2, 0.25) is 0 Å². The third kappa shape index (κ3) is 2.53. The van der Waals surface area contributed by atoms with Crippen molar-refractivity contribution in [2.24, 2.45) is 7.05 Å². The number of nitrogens with one attached hydrogen (secondary N) is 1. The highest BCUT2D eigenvalue weighted by Crippen LogP contribution is 2.24. The summed E-state index contributed by atoms with van der Waals surface area (Å²) in [5.74, 6) is -0.323. The van der Waals surface area contributed by atoms with Gasteiger partial charge in [-0.05, 0) is 31.2 Å². The second kappa shape index (κ2) is 4.54. The number of rotatable bonds is 3. The van der Waals surface area contributed by atoms with Crippen molar-refractivity contribution in [3.8, 4) is 0 Å². The van der Waals surface area contributed by atoms with Crippen molar-refractivity contribution in [3.63, 3.8) is 0 Å². The van der Waals surface area contributed by atoms with Gasteiger partial charge < -0.3 is 5.73 Å². The Bertz CT molecular complexity index is 707. The molecular formula is C11H13FN4O2S. The molecule has 19 heavy (non-hydrogen) atoms. The van der Waals surface area contributed by atoms with E-state index in [2.05, 4.69) is 9.82 Å². The quantitative estimate of drug-likeness (QED) is 0.887. The molecule has 0 aliphatic heterocycles. The van der Waals surface area contributed by atoms with Crippen molar-refractivity contribution in [1.82, 2.24) is 9.78 Å². The van der Waals surface area contributed by atoms with Gasteiger partial charge in [-0.2, -0.15) is 5.10 Å². The number of benzene rings is 1. The van der Waals surface area contributed by atoms with Crippen LogP contribution >= 0.6 is 0 Å². The van der Waals surface area contributed by atoms with E-state index < -0.39 is 15.8 Å². The van der Waals surface area contributed by atoms with E-state index in [-0.39, 0.29) is 16.4 Å². The predicted octanol–water partition coefficient (Wildman–Crippen LogP) is 1.25. The fraction of sp³-hybridized carbons (Fsp3) is 0.182. The molecule has 6 nitrogen and oxygen atoms in total. The lowest BCUT2D eigenvalue weighted by Crippen LogP contribution is -2.16. The first-order valence-corrected chi connectivity index (χ1v) is 6.87. The molecule has 0 spiro atoms. The summed E-state index contributed by atoms with van der Waals surface area (Å²) in [6, 6.07) is 4.51. The number of aryl methyl sites for hydroxylation is 2. The third-order valence-corrected chi connectivity index (χ3v) is 3.98. The third-order valence-electron chi connectivity index (χ3n) is 2.62. The van der Waals surface area contributed by atoms with Crippen LogP contribution in [-0.2, 0) is 17.1 Å². The summed E-state index contributed by atoms with van der Waals surface area (Å²) in [5, 5.41) is 4.01. The van der Waals surface area contributed by atoms with E-state index in [0.717, 1.165) is 12.1 Å². The van der Waals surface area contributed by atoms with Crippen molar-refractivity contribution in [1.29, 1.82) is 0 Å². The van der Waals surface area contributed by atoms with Crippen molar-refractivity contribution in [3.05, 3.63) is 35.8 Å². The van der Waals surface area contributed by atoms with Crippen LogP contribution in [-0.4, -0.2) is 18.2 Å². The van der Waals surface area contributed by atoms with E-state index >= 15 is 0 Å². The molecule has 0 bridgehead atoms. The zero-order valence-electron chi connectivity index (χ0n) is 10.4. The van der Waals surface area contributed by atoms with Gasteiger partial charge in [-0.15, -0.1) is 0 Å². The zero-order valence-corrected chi connectivity index (χ0v) is 11.2. The Balaban J connectivity index is 2.39. The molecular weight excluding hydrogens is 271 g/mol. The maximum Gasteiger partial charge on any atom is 0.263 e. The minimum Gasteiger partial charge on any atom is -0.394 e. The second-order valence-electron chi connectivity index (χ2n) is 4.03. The average Bonchev–Trinajstić information content (AvgIpc) is 2.56. The fourth-order valence-electron chi connectivity index (χ4n) is 1.60. The number of hydrogen-bond donors (Lipinski definition) is 2. The second-order valence-corrected chi connectivity index (χ2v) is 5.71. The molecule has 2 aromatic rings. The zero-order chi connectivity index (χ0) is 14.2. The van der Waals surface area contributed by atoms with Crippen molar-refractivity contribution in [2.45, 2.75) is 11.8 Å². The highest BCUT2D eigenvalue weighted by Gasteiger charge is 2.19. The SMILES string of the molecule is Cc1nn(C)c(NS(=O)(=O)c2ccc(F)cc2)c1N. The number of anilines is 2.